The van der Waals surface area contributed by atoms with Gasteiger partial charge in [0.05, 0.1) is 0 Å². The Labute approximate surface area is 110 Å². The first-order valence-electron chi connectivity index (χ1n) is 6.28. The van der Waals surface area contributed by atoms with Gasteiger partial charge in [-0.25, -0.2) is 13.2 Å². The Morgan fingerprint density at radius 1 is 1.26 bits per heavy atom. The van der Waals surface area contributed by atoms with Gasteiger partial charge in [-0.2, -0.15) is 0 Å². The number of amides is 1. The van der Waals surface area contributed by atoms with Gasteiger partial charge in [-0.3, -0.25) is 4.79 Å². The van der Waals surface area contributed by atoms with E-state index in [9.17, 15) is 18.0 Å². The minimum atomic E-state index is -1.46. The highest BCUT2D eigenvalue weighted by atomic mass is 19.2. The number of nitrogens with one attached hydrogen (secondary N) is 1. The van der Waals surface area contributed by atoms with Gasteiger partial charge in [0.1, 0.15) is 0 Å². The Hall–Kier alpha value is -1.52. The Morgan fingerprint density at radius 2 is 1.84 bits per heavy atom. The highest BCUT2D eigenvalue weighted by Crippen LogP contribution is 2.32. The van der Waals surface area contributed by atoms with Crippen LogP contribution in [-0.2, 0) is 11.2 Å². The van der Waals surface area contributed by atoms with Crippen LogP contribution in [-0.4, -0.2) is 11.4 Å². The van der Waals surface area contributed by atoms with Crippen molar-refractivity contribution in [3.63, 3.8) is 0 Å². The standard InChI is InChI=1S/C14H16F3NO/c1-8(2)14(4-3-12(19)18-14)7-9-5-10(15)13(17)11(16)6-9/h5-6,8H,3-4,7H2,1-2H3,(H,18,19). The molecule has 1 saturated heterocycles. The molecule has 104 valence electrons. The van der Waals surface area contributed by atoms with Crippen LogP contribution < -0.4 is 5.32 Å². The molecule has 1 aliphatic rings. The molecule has 0 aliphatic carbocycles. The Bertz CT molecular complexity index is 492. The summed E-state index contributed by atoms with van der Waals surface area (Å²) in [5, 5.41) is 2.89. The molecule has 1 aliphatic heterocycles. The van der Waals surface area contributed by atoms with Crippen molar-refractivity contribution < 1.29 is 18.0 Å². The minimum absolute atomic E-state index is 0.0586. The zero-order valence-corrected chi connectivity index (χ0v) is 10.9. The van der Waals surface area contributed by atoms with Gasteiger partial charge < -0.3 is 5.32 Å². The van der Waals surface area contributed by atoms with E-state index in [1.807, 2.05) is 13.8 Å². The fraction of sp³-hybridized carbons (Fsp3) is 0.500. The number of halogens is 3. The van der Waals surface area contributed by atoms with E-state index in [-0.39, 0.29) is 11.8 Å². The molecule has 0 bridgehead atoms. The molecule has 5 heteroatoms. The lowest BCUT2D eigenvalue weighted by Crippen LogP contribution is -2.48. The Kier molecular flexibility index (Phi) is 3.56. The molecule has 1 fully saturated rings. The average Bonchev–Trinajstić information content (AvgIpc) is 2.69. The molecule has 1 amide bonds. The van der Waals surface area contributed by atoms with Crippen molar-refractivity contribution in [3.05, 3.63) is 35.1 Å². The second kappa shape index (κ2) is 4.87. The Balaban J connectivity index is 2.31. The molecule has 1 unspecified atom stereocenters. The van der Waals surface area contributed by atoms with Crippen molar-refractivity contribution in [1.29, 1.82) is 0 Å². The number of rotatable bonds is 3. The first kappa shape index (κ1) is 13.9. The summed E-state index contributed by atoms with van der Waals surface area (Å²) in [6.07, 6.45) is 1.32. The summed E-state index contributed by atoms with van der Waals surface area (Å²) >= 11 is 0. The van der Waals surface area contributed by atoms with Gasteiger partial charge in [0, 0.05) is 12.0 Å². The van der Waals surface area contributed by atoms with Crippen molar-refractivity contribution in [2.24, 2.45) is 5.92 Å². The van der Waals surface area contributed by atoms with Crippen molar-refractivity contribution >= 4 is 5.91 Å². The van der Waals surface area contributed by atoms with Crippen LogP contribution in [0.2, 0.25) is 0 Å². The molecule has 19 heavy (non-hydrogen) atoms. The van der Waals surface area contributed by atoms with E-state index < -0.39 is 23.0 Å². The Morgan fingerprint density at radius 3 is 2.26 bits per heavy atom. The lowest BCUT2D eigenvalue weighted by Gasteiger charge is -2.33. The van der Waals surface area contributed by atoms with E-state index in [1.165, 1.54) is 0 Å². The average molecular weight is 271 g/mol. The normalized spacial score (nSPS) is 22.9. The third-order valence-corrected chi connectivity index (χ3v) is 3.85. The molecule has 1 N–H and O–H groups in total. The van der Waals surface area contributed by atoms with E-state index >= 15 is 0 Å². The van der Waals surface area contributed by atoms with Gasteiger partial charge >= 0.3 is 0 Å². The van der Waals surface area contributed by atoms with Crippen LogP contribution in [0.3, 0.4) is 0 Å². The second-order valence-electron chi connectivity index (χ2n) is 5.41. The van der Waals surface area contributed by atoms with Gasteiger partial charge in [0.15, 0.2) is 17.5 Å². The molecule has 1 aromatic rings. The quantitative estimate of drug-likeness (QED) is 0.841. The van der Waals surface area contributed by atoms with Crippen LogP contribution >= 0.6 is 0 Å². The van der Waals surface area contributed by atoms with Crippen LogP contribution in [0.5, 0.6) is 0 Å². The van der Waals surface area contributed by atoms with Gasteiger partial charge in [-0.1, -0.05) is 13.8 Å². The topological polar surface area (TPSA) is 29.1 Å². The minimum Gasteiger partial charge on any atom is -0.350 e. The summed E-state index contributed by atoms with van der Waals surface area (Å²) < 4.78 is 39.3. The molecular formula is C14H16F3NO. The van der Waals surface area contributed by atoms with Crippen LogP contribution in [0.1, 0.15) is 32.3 Å². The third-order valence-electron chi connectivity index (χ3n) is 3.85. The maximum absolute atomic E-state index is 13.2. The summed E-state index contributed by atoms with van der Waals surface area (Å²) in [5.41, 5.74) is -0.152. The molecule has 0 radical (unpaired) electrons. The van der Waals surface area contributed by atoms with Gasteiger partial charge in [-0.05, 0) is 36.5 Å². The van der Waals surface area contributed by atoms with E-state index in [0.717, 1.165) is 12.1 Å². The zero-order chi connectivity index (χ0) is 14.2. The lowest BCUT2D eigenvalue weighted by molar-refractivity contribution is -0.120. The fourth-order valence-corrected chi connectivity index (χ4v) is 2.58. The summed E-state index contributed by atoms with van der Waals surface area (Å²) in [5.74, 6) is -3.79. The van der Waals surface area contributed by atoms with Crippen molar-refractivity contribution in [3.8, 4) is 0 Å². The predicted molar refractivity (Wildman–Crippen MR) is 65.0 cm³/mol. The van der Waals surface area contributed by atoms with Crippen LogP contribution in [0.25, 0.3) is 0 Å². The van der Waals surface area contributed by atoms with E-state index in [0.29, 0.717) is 24.8 Å². The fourth-order valence-electron chi connectivity index (χ4n) is 2.58. The number of carbonyl (C=O) groups excluding carboxylic acids is 1. The monoisotopic (exact) mass is 271 g/mol. The van der Waals surface area contributed by atoms with Crippen molar-refractivity contribution in [2.45, 2.75) is 38.6 Å². The number of hydrogen-bond donors (Lipinski definition) is 1. The molecule has 1 heterocycles. The first-order valence-corrected chi connectivity index (χ1v) is 6.28. The van der Waals surface area contributed by atoms with Crippen molar-refractivity contribution in [1.82, 2.24) is 5.32 Å². The number of benzene rings is 1. The van der Waals surface area contributed by atoms with Gasteiger partial charge in [0.2, 0.25) is 5.91 Å². The summed E-state index contributed by atoms with van der Waals surface area (Å²) in [6.45, 7) is 3.89. The van der Waals surface area contributed by atoms with E-state index in [4.69, 9.17) is 0 Å². The molecule has 1 aromatic carbocycles. The largest absolute Gasteiger partial charge is 0.350 e. The SMILES string of the molecule is CC(C)C1(Cc2cc(F)c(F)c(F)c2)CCC(=O)N1. The summed E-state index contributed by atoms with van der Waals surface area (Å²) in [7, 11) is 0. The van der Waals surface area contributed by atoms with Gasteiger partial charge in [0.25, 0.3) is 0 Å². The third kappa shape index (κ3) is 2.60. The highest BCUT2D eigenvalue weighted by Gasteiger charge is 2.40. The van der Waals surface area contributed by atoms with Gasteiger partial charge in [-0.15, -0.1) is 0 Å². The smallest absolute Gasteiger partial charge is 0.220 e. The predicted octanol–water partition coefficient (Wildman–Crippen LogP) is 2.95. The van der Waals surface area contributed by atoms with Crippen LogP contribution in [0.15, 0.2) is 12.1 Å². The maximum Gasteiger partial charge on any atom is 0.220 e. The molecular weight excluding hydrogens is 255 g/mol. The molecule has 0 aromatic heterocycles. The number of hydrogen-bond acceptors (Lipinski definition) is 1. The molecule has 0 spiro atoms. The molecule has 2 rings (SSSR count). The maximum atomic E-state index is 13.2. The summed E-state index contributed by atoms with van der Waals surface area (Å²) in [6, 6.07) is 1.99. The number of carbonyl (C=O) groups is 1. The molecule has 2 nitrogen and oxygen atoms in total. The lowest BCUT2D eigenvalue weighted by atomic mass is 9.80. The molecule has 0 saturated carbocycles. The first-order chi connectivity index (χ1) is 8.84. The zero-order valence-electron chi connectivity index (χ0n) is 10.9. The van der Waals surface area contributed by atoms with E-state index in [2.05, 4.69) is 5.32 Å². The van der Waals surface area contributed by atoms with Crippen LogP contribution in [0, 0.1) is 23.4 Å². The van der Waals surface area contributed by atoms with Crippen LogP contribution in [0.4, 0.5) is 13.2 Å². The summed E-state index contributed by atoms with van der Waals surface area (Å²) in [4.78, 5) is 11.4. The van der Waals surface area contributed by atoms with Crippen molar-refractivity contribution in [2.75, 3.05) is 0 Å². The molecule has 1 atom stereocenters. The second-order valence-corrected chi connectivity index (χ2v) is 5.41. The highest BCUT2D eigenvalue weighted by molar-refractivity contribution is 5.79. The van der Waals surface area contributed by atoms with E-state index in [1.54, 1.807) is 0 Å².